The van der Waals surface area contributed by atoms with Gasteiger partial charge in [-0.15, -0.1) is 0 Å². The number of anilines is 1. The summed E-state index contributed by atoms with van der Waals surface area (Å²) in [5.41, 5.74) is 2.36. The zero-order valence-electron chi connectivity index (χ0n) is 10.7. The first-order valence-electron chi connectivity index (χ1n) is 7.01. The molecular formula is C15H22N2. The maximum absolute atomic E-state index is 4.35. The summed E-state index contributed by atoms with van der Waals surface area (Å²) in [4.78, 5) is 4.35. The number of rotatable bonds is 3. The summed E-state index contributed by atoms with van der Waals surface area (Å²) >= 11 is 0. The van der Waals surface area contributed by atoms with Gasteiger partial charge >= 0.3 is 0 Å². The Kier molecular flexibility index (Phi) is 3.04. The molecule has 92 valence electrons. The van der Waals surface area contributed by atoms with Gasteiger partial charge in [0.2, 0.25) is 0 Å². The third-order valence-corrected chi connectivity index (χ3v) is 4.37. The molecule has 1 N–H and O–H groups in total. The van der Waals surface area contributed by atoms with E-state index in [0.29, 0.717) is 6.04 Å². The minimum atomic E-state index is 0.678. The fourth-order valence-electron chi connectivity index (χ4n) is 3.21. The first-order chi connectivity index (χ1) is 8.33. The molecule has 0 radical (unpaired) electrons. The highest BCUT2D eigenvalue weighted by molar-refractivity contribution is 5.47. The lowest BCUT2D eigenvalue weighted by Gasteiger charge is -2.30. The molecule has 17 heavy (non-hydrogen) atoms. The molecule has 0 amide bonds. The van der Waals surface area contributed by atoms with Crippen LogP contribution >= 0.6 is 0 Å². The minimum absolute atomic E-state index is 0.678. The Morgan fingerprint density at radius 1 is 1.18 bits per heavy atom. The number of pyridine rings is 1. The Balaban J connectivity index is 1.62. The van der Waals surface area contributed by atoms with Gasteiger partial charge in [0.05, 0.1) is 11.4 Å². The lowest BCUT2D eigenvalue weighted by molar-refractivity contribution is 0.303. The van der Waals surface area contributed by atoms with E-state index in [1.54, 1.807) is 0 Å². The zero-order chi connectivity index (χ0) is 11.7. The smallest absolute Gasteiger partial charge is 0.0603 e. The van der Waals surface area contributed by atoms with E-state index >= 15 is 0 Å². The normalized spacial score (nSPS) is 29.0. The van der Waals surface area contributed by atoms with Crippen molar-refractivity contribution in [3.8, 4) is 0 Å². The molecule has 1 heterocycles. The van der Waals surface area contributed by atoms with Crippen LogP contribution in [0.25, 0.3) is 0 Å². The number of nitrogens with one attached hydrogen (secondary N) is 1. The van der Waals surface area contributed by atoms with Crippen LogP contribution in [0.15, 0.2) is 18.3 Å². The Morgan fingerprint density at radius 2 is 2.06 bits per heavy atom. The highest BCUT2D eigenvalue weighted by Crippen LogP contribution is 2.44. The standard InChI is InChI=1S/C15H22N2/c1-11-15(6-3-9-16-11)17-14-5-2-4-13(10-14)12-7-8-12/h3,6,9,12-14,17H,2,4-5,7-8,10H2,1H3. The number of nitrogens with zero attached hydrogens (tertiary/aromatic N) is 1. The lowest BCUT2D eigenvalue weighted by atomic mass is 9.82. The van der Waals surface area contributed by atoms with Crippen LogP contribution in [-0.2, 0) is 0 Å². The Bertz CT molecular complexity index is 384. The third-order valence-electron chi connectivity index (χ3n) is 4.37. The van der Waals surface area contributed by atoms with Gasteiger partial charge in [0, 0.05) is 12.2 Å². The van der Waals surface area contributed by atoms with E-state index in [0.717, 1.165) is 17.5 Å². The van der Waals surface area contributed by atoms with E-state index in [4.69, 9.17) is 0 Å². The van der Waals surface area contributed by atoms with Crippen molar-refractivity contribution in [2.75, 3.05) is 5.32 Å². The van der Waals surface area contributed by atoms with Crippen LogP contribution in [0.4, 0.5) is 5.69 Å². The predicted octanol–water partition coefficient (Wildman–Crippen LogP) is 3.77. The van der Waals surface area contributed by atoms with E-state index < -0.39 is 0 Å². The molecule has 0 aliphatic heterocycles. The molecule has 2 aliphatic rings. The number of hydrogen-bond donors (Lipinski definition) is 1. The van der Waals surface area contributed by atoms with Crippen molar-refractivity contribution in [1.82, 2.24) is 4.98 Å². The summed E-state index contributed by atoms with van der Waals surface area (Å²) in [6.45, 7) is 2.09. The van der Waals surface area contributed by atoms with E-state index in [-0.39, 0.29) is 0 Å². The Hall–Kier alpha value is -1.05. The third kappa shape index (κ3) is 2.62. The van der Waals surface area contributed by atoms with Crippen LogP contribution in [0.1, 0.15) is 44.2 Å². The van der Waals surface area contributed by atoms with Gasteiger partial charge in [-0.25, -0.2) is 0 Å². The topological polar surface area (TPSA) is 24.9 Å². The predicted molar refractivity (Wildman–Crippen MR) is 71.1 cm³/mol. The van der Waals surface area contributed by atoms with Crippen LogP contribution in [-0.4, -0.2) is 11.0 Å². The van der Waals surface area contributed by atoms with Gasteiger partial charge in [0.25, 0.3) is 0 Å². The first-order valence-corrected chi connectivity index (χ1v) is 7.01. The highest BCUT2D eigenvalue weighted by atomic mass is 14.9. The molecule has 2 unspecified atom stereocenters. The van der Waals surface area contributed by atoms with E-state index in [1.807, 2.05) is 12.3 Å². The summed E-state index contributed by atoms with van der Waals surface area (Å²) in [6.07, 6.45) is 10.4. The van der Waals surface area contributed by atoms with Crippen LogP contribution in [0.3, 0.4) is 0 Å². The van der Waals surface area contributed by atoms with Gasteiger partial charge in [-0.1, -0.05) is 12.8 Å². The quantitative estimate of drug-likeness (QED) is 0.855. The zero-order valence-corrected chi connectivity index (χ0v) is 10.7. The van der Waals surface area contributed by atoms with Gasteiger partial charge in [-0.3, -0.25) is 4.98 Å². The van der Waals surface area contributed by atoms with Crippen molar-refractivity contribution in [3.05, 3.63) is 24.0 Å². The molecule has 0 saturated heterocycles. The molecule has 2 heteroatoms. The molecule has 0 bridgehead atoms. The van der Waals surface area contributed by atoms with E-state index in [2.05, 4.69) is 23.3 Å². The molecule has 0 aromatic carbocycles. The van der Waals surface area contributed by atoms with Crippen molar-refractivity contribution in [2.24, 2.45) is 11.8 Å². The molecule has 3 rings (SSSR count). The van der Waals surface area contributed by atoms with Crippen molar-refractivity contribution in [3.63, 3.8) is 0 Å². The number of aryl methyl sites for hydroxylation is 1. The molecular weight excluding hydrogens is 208 g/mol. The maximum atomic E-state index is 4.35. The Labute approximate surface area is 104 Å². The van der Waals surface area contributed by atoms with Crippen molar-refractivity contribution in [2.45, 2.75) is 51.5 Å². The lowest BCUT2D eigenvalue weighted by Crippen LogP contribution is -2.28. The summed E-state index contributed by atoms with van der Waals surface area (Å²) < 4.78 is 0. The maximum Gasteiger partial charge on any atom is 0.0603 e. The van der Waals surface area contributed by atoms with Gasteiger partial charge in [-0.05, 0) is 56.6 Å². The van der Waals surface area contributed by atoms with Crippen LogP contribution in [0.5, 0.6) is 0 Å². The second-order valence-electron chi connectivity index (χ2n) is 5.74. The summed E-state index contributed by atoms with van der Waals surface area (Å²) in [7, 11) is 0. The SMILES string of the molecule is Cc1ncccc1NC1CCCC(C2CC2)C1. The summed E-state index contributed by atoms with van der Waals surface area (Å²) in [5, 5.41) is 3.70. The molecule has 2 atom stereocenters. The average Bonchev–Trinajstić information content (AvgIpc) is 3.17. The van der Waals surface area contributed by atoms with E-state index in [1.165, 1.54) is 44.2 Å². The molecule has 1 aromatic rings. The second-order valence-corrected chi connectivity index (χ2v) is 5.74. The minimum Gasteiger partial charge on any atom is -0.381 e. The molecule has 2 nitrogen and oxygen atoms in total. The van der Waals surface area contributed by atoms with Gasteiger partial charge < -0.3 is 5.32 Å². The summed E-state index contributed by atoms with van der Waals surface area (Å²) in [6, 6.07) is 4.86. The van der Waals surface area contributed by atoms with Gasteiger partial charge in [0.1, 0.15) is 0 Å². The molecule has 2 saturated carbocycles. The van der Waals surface area contributed by atoms with E-state index in [9.17, 15) is 0 Å². The van der Waals surface area contributed by atoms with Crippen molar-refractivity contribution in [1.29, 1.82) is 0 Å². The Morgan fingerprint density at radius 3 is 2.82 bits per heavy atom. The van der Waals surface area contributed by atoms with Crippen molar-refractivity contribution >= 4 is 5.69 Å². The van der Waals surface area contributed by atoms with Crippen molar-refractivity contribution < 1.29 is 0 Å². The largest absolute Gasteiger partial charge is 0.381 e. The van der Waals surface area contributed by atoms with Crippen LogP contribution in [0, 0.1) is 18.8 Å². The first kappa shape index (κ1) is 11.1. The van der Waals surface area contributed by atoms with Gasteiger partial charge in [0.15, 0.2) is 0 Å². The molecule has 2 fully saturated rings. The highest BCUT2D eigenvalue weighted by Gasteiger charge is 2.34. The van der Waals surface area contributed by atoms with Crippen LogP contribution in [0.2, 0.25) is 0 Å². The average molecular weight is 230 g/mol. The monoisotopic (exact) mass is 230 g/mol. The molecule has 2 aliphatic carbocycles. The van der Waals surface area contributed by atoms with Gasteiger partial charge in [-0.2, -0.15) is 0 Å². The fraction of sp³-hybridized carbons (Fsp3) is 0.667. The molecule has 0 spiro atoms. The van der Waals surface area contributed by atoms with Crippen LogP contribution < -0.4 is 5.32 Å². The molecule has 1 aromatic heterocycles. The number of aromatic nitrogens is 1. The number of hydrogen-bond acceptors (Lipinski definition) is 2. The second kappa shape index (κ2) is 4.67. The summed E-state index contributed by atoms with van der Waals surface area (Å²) in [5.74, 6) is 2.06. The fourth-order valence-corrected chi connectivity index (χ4v) is 3.21.